The predicted octanol–water partition coefficient (Wildman–Crippen LogP) is 3.66. The van der Waals surface area contributed by atoms with Crippen LogP contribution >= 0.6 is 0 Å². The maximum Gasteiger partial charge on any atom is 0.268 e. The molecule has 2 bridgehead atoms. The van der Waals surface area contributed by atoms with Gasteiger partial charge in [0.15, 0.2) is 0 Å². The van der Waals surface area contributed by atoms with Crippen LogP contribution in [0.3, 0.4) is 0 Å². The molecule has 3 aliphatic heterocycles. The summed E-state index contributed by atoms with van der Waals surface area (Å²) in [5.41, 5.74) is 2.98. The third kappa shape index (κ3) is 5.83. The molecule has 0 radical (unpaired) electrons. The minimum absolute atomic E-state index is 0.0617. The van der Waals surface area contributed by atoms with Crippen molar-refractivity contribution in [2.75, 3.05) is 68.5 Å². The van der Waals surface area contributed by atoms with Gasteiger partial charge in [-0.05, 0) is 50.1 Å². The number of hydrogen-bond acceptors (Lipinski definition) is 8. The lowest BCUT2D eigenvalue weighted by molar-refractivity contribution is -0.130. The molecule has 1 amide bonds. The fourth-order valence-electron chi connectivity index (χ4n) is 5.66. The normalized spacial score (nSPS) is 21.9. The van der Waals surface area contributed by atoms with E-state index in [1.165, 1.54) is 18.3 Å². The van der Waals surface area contributed by atoms with Crippen LogP contribution in [-0.2, 0) is 16.0 Å². The molecule has 5 rings (SSSR count). The number of anilines is 4. The number of carbonyl (C=O) groups excluding carboxylic acids is 1. The van der Waals surface area contributed by atoms with Crippen LogP contribution in [0.5, 0.6) is 0 Å². The fraction of sp³-hybridized carbons (Fsp3) is 0.593. The van der Waals surface area contributed by atoms with Crippen LogP contribution in [0.4, 0.5) is 31.9 Å². The van der Waals surface area contributed by atoms with Crippen molar-refractivity contribution in [1.29, 1.82) is 0 Å². The highest BCUT2D eigenvalue weighted by molar-refractivity contribution is 5.76. The summed E-state index contributed by atoms with van der Waals surface area (Å²) in [5.74, 6) is 0.433. The van der Waals surface area contributed by atoms with Gasteiger partial charge in [-0.3, -0.25) is 9.69 Å². The second-order valence-electron chi connectivity index (χ2n) is 10.3. The number of alkyl halides is 2. The number of aryl methyl sites for hydroxylation is 1. The molecule has 9 nitrogen and oxygen atoms in total. The molecule has 4 heterocycles. The van der Waals surface area contributed by atoms with Gasteiger partial charge in [0.05, 0.1) is 25.2 Å². The van der Waals surface area contributed by atoms with Crippen LogP contribution in [0, 0.1) is 0 Å². The predicted molar refractivity (Wildman–Crippen MR) is 143 cm³/mol. The smallest absolute Gasteiger partial charge is 0.268 e. The van der Waals surface area contributed by atoms with Gasteiger partial charge in [-0.25, -0.2) is 13.8 Å². The molecule has 206 valence electrons. The summed E-state index contributed by atoms with van der Waals surface area (Å²) in [6.45, 7) is 6.70. The lowest BCUT2D eigenvalue weighted by Crippen LogP contribution is -2.44. The Labute approximate surface area is 222 Å². The number of hydrogen-bond donors (Lipinski definition) is 2. The zero-order valence-electron chi connectivity index (χ0n) is 22.1. The largest absolute Gasteiger partial charge is 0.379 e. The van der Waals surface area contributed by atoms with E-state index in [1.54, 1.807) is 4.90 Å². The van der Waals surface area contributed by atoms with Gasteiger partial charge < -0.3 is 25.2 Å². The molecule has 0 aliphatic carbocycles. The van der Waals surface area contributed by atoms with Gasteiger partial charge in [-0.2, -0.15) is 4.98 Å². The molecular formula is C27H37F2N7O2. The highest BCUT2D eigenvalue weighted by Gasteiger charge is 2.41. The van der Waals surface area contributed by atoms with Crippen LogP contribution in [0.2, 0.25) is 0 Å². The summed E-state index contributed by atoms with van der Waals surface area (Å²) in [5, 5.41) is 6.28. The molecule has 2 N–H and O–H groups in total. The molecule has 0 spiro atoms. The first-order chi connectivity index (χ1) is 18.4. The lowest BCUT2D eigenvalue weighted by Gasteiger charge is -2.34. The molecule has 3 fully saturated rings. The molecule has 3 aliphatic rings. The first-order valence-electron chi connectivity index (χ1n) is 13.5. The Morgan fingerprint density at radius 3 is 2.82 bits per heavy atom. The van der Waals surface area contributed by atoms with Crippen LogP contribution in [0.15, 0.2) is 24.4 Å². The maximum atomic E-state index is 13.7. The Hall–Kier alpha value is -3.05. The average Bonchev–Trinajstić information content (AvgIpc) is 3.42. The number of carbonyl (C=O) groups is 1. The molecule has 0 saturated carbocycles. The van der Waals surface area contributed by atoms with Gasteiger partial charge in [-0.15, -0.1) is 0 Å². The number of piperazine rings is 1. The Morgan fingerprint density at radius 1 is 1.21 bits per heavy atom. The molecule has 3 saturated heterocycles. The molecule has 2 unspecified atom stereocenters. The molecule has 2 aromatic rings. The number of nitrogens with one attached hydrogen (secondary N) is 2. The van der Waals surface area contributed by atoms with Gasteiger partial charge in [-0.1, -0.05) is 6.92 Å². The zero-order valence-corrected chi connectivity index (χ0v) is 22.1. The van der Waals surface area contributed by atoms with Gasteiger partial charge in [0.25, 0.3) is 6.43 Å². The van der Waals surface area contributed by atoms with Crippen molar-refractivity contribution in [2.45, 2.75) is 51.1 Å². The second kappa shape index (κ2) is 11.8. The number of benzene rings is 1. The van der Waals surface area contributed by atoms with Crippen LogP contribution in [-0.4, -0.2) is 90.7 Å². The number of likely N-dealkylation sites (tertiary alicyclic amines) is 1. The number of aromatic nitrogens is 2. The van der Waals surface area contributed by atoms with Crippen molar-refractivity contribution in [2.24, 2.45) is 0 Å². The third-order valence-corrected chi connectivity index (χ3v) is 7.83. The maximum absolute atomic E-state index is 13.7. The van der Waals surface area contributed by atoms with Crippen molar-refractivity contribution in [1.82, 2.24) is 19.8 Å². The molecule has 2 atom stereocenters. The highest BCUT2D eigenvalue weighted by Crippen LogP contribution is 2.36. The summed E-state index contributed by atoms with van der Waals surface area (Å²) in [6.07, 6.45) is 1.49. The first-order valence-corrected chi connectivity index (χ1v) is 13.5. The molecule has 38 heavy (non-hydrogen) atoms. The number of nitrogens with zero attached hydrogens (tertiary/aromatic N) is 5. The third-order valence-electron chi connectivity index (χ3n) is 7.83. The number of halogens is 2. The van der Waals surface area contributed by atoms with Gasteiger partial charge in [0.1, 0.15) is 5.82 Å². The Kier molecular flexibility index (Phi) is 8.23. The van der Waals surface area contributed by atoms with Crippen LogP contribution in [0.1, 0.15) is 43.7 Å². The minimum Gasteiger partial charge on any atom is -0.379 e. The van der Waals surface area contributed by atoms with Crippen molar-refractivity contribution >= 4 is 29.0 Å². The van der Waals surface area contributed by atoms with Gasteiger partial charge in [0, 0.05) is 62.4 Å². The molecule has 1 aromatic carbocycles. The van der Waals surface area contributed by atoms with E-state index in [0.29, 0.717) is 57.8 Å². The van der Waals surface area contributed by atoms with Gasteiger partial charge in [0.2, 0.25) is 11.9 Å². The summed E-state index contributed by atoms with van der Waals surface area (Å²) >= 11 is 0. The molecule has 11 heteroatoms. The number of amides is 1. The van der Waals surface area contributed by atoms with E-state index in [9.17, 15) is 13.6 Å². The van der Waals surface area contributed by atoms with E-state index < -0.39 is 6.43 Å². The number of likely N-dealkylation sites (N-methyl/N-ethyl adjacent to an activating group) is 1. The van der Waals surface area contributed by atoms with E-state index in [2.05, 4.69) is 56.5 Å². The fourth-order valence-corrected chi connectivity index (χ4v) is 5.66. The van der Waals surface area contributed by atoms with Crippen molar-refractivity contribution < 1.29 is 18.3 Å². The van der Waals surface area contributed by atoms with Crippen LogP contribution < -0.4 is 15.5 Å². The summed E-state index contributed by atoms with van der Waals surface area (Å²) < 4.78 is 32.7. The van der Waals surface area contributed by atoms with Crippen molar-refractivity contribution in [3.05, 3.63) is 35.5 Å². The highest BCUT2D eigenvalue weighted by atomic mass is 19.3. The lowest BCUT2D eigenvalue weighted by atomic mass is 10.1. The number of fused-ring (bicyclic) bond motifs is 2. The topological polar surface area (TPSA) is 85.9 Å². The Morgan fingerprint density at radius 2 is 2.08 bits per heavy atom. The second-order valence-corrected chi connectivity index (χ2v) is 10.3. The standard InChI is InChI=1S/C27H37F2N7O2/c1-3-18-13-19(36-17-20-14-21(36)16-34(20)2)5-6-23(18)32-27-31-15-22(25(28)29)26(33-27)30-8-4-9-35-10-12-38-11-7-24(35)37/h5-6,13,15,20-21,25H,3-4,7-12,14,16-17H2,1-2H3,(H2,30,31,32,33). The molecule has 1 aromatic heterocycles. The van der Waals surface area contributed by atoms with E-state index >= 15 is 0 Å². The SMILES string of the molecule is CCc1cc(N2CC3CC2CN3C)ccc1Nc1ncc(C(F)F)c(NCCCN2CCOCCC2=O)n1. The monoisotopic (exact) mass is 529 g/mol. The van der Waals surface area contributed by atoms with E-state index in [-0.39, 0.29) is 23.2 Å². The Bertz CT molecular complexity index is 1130. The van der Waals surface area contributed by atoms with Crippen LogP contribution in [0.25, 0.3) is 0 Å². The first kappa shape index (κ1) is 26.6. The Balaban J connectivity index is 1.24. The minimum atomic E-state index is -2.70. The number of rotatable bonds is 10. The quantitative estimate of drug-likeness (QED) is 0.451. The average molecular weight is 530 g/mol. The van der Waals surface area contributed by atoms with E-state index in [0.717, 1.165) is 30.8 Å². The van der Waals surface area contributed by atoms with E-state index in [1.807, 2.05) is 6.07 Å². The van der Waals surface area contributed by atoms with Crippen molar-refractivity contribution in [3.63, 3.8) is 0 Å². The zero-order chi connectivity index (χ0) is 26.6. The van der Waals surface area contributed by atoms with E-state index in [4.69, 9.17) is 4.74 Å². The molecular weight excluding hydrogens is 492 g/mol. The van der Waals surface area contributed by atoms with Crippen molar-refractivity contribution in [3.8, 4) is 0 Å². The summed E-state index contributed by atoms with van der Waals surface area (Å²) in [7, 11) is 2.20. The number of ether oxygens (including phenoxy) is 1. The summed E-state index contributed by atoms with van der Waals surface area (Å²) in [4.78, 5) is 27.4. The summed E-state index contributed by atoms with van der Waals surface area (Å²) in [6, 6.07) is 7.53. The van der Waals surface area contributed by atoms with Gasteiger partial charge >= 0.3 is 0 Å².